The van der Waals surface area contributed by atoms with Gasteiger partial charge in [-0.1, -0.05) is 12.1 Å². The molecule has 6 rings (SSSR count). The number of benzene rings is 2. The molecule has 2 aromatic carbocycles. The van der Waals surface area contributed by atoms with Crippen molar-refractivity contribution < 1.29 is 23.4 Å². The molecule has 1 N–H and O–H groups in total. The summed E-state index contributed by atoms with van der Waals surface area (Å²) in [5.74, 6) is 1.72. The molecule has 0 fully saturated rings. The van der Waals surface area contributed by atoms with E-state index >= 15 is 0 Å². The first-order valence-corrected chi connectivity index (χ1v) is 14.1. The van der Waals surface area contributed by atoms with E-state index in [2.05, 4.69) is 15.4 Å². The Kier molecular flexibility index (Phi) is 6.86. The van der Waals surface area contributed by atoms with Gasteiger partial charge in [-0.25, -0.2) is 14.5 Å². The smallest absolute Gasteiger partial charge is 0.294 e. The minimum Gasteiger partial charge on any atom is -0.496 e. The Bertz CT molecular complexity index is 1780. The lowest BCUT2D eigenvalue weighted by Crippen LogP contribution is -2.29. The predicted octanol–water partition coefficient (Wildman–Crippen LogP) is 6.06. The minimum absolute atomic E-state index is 0.0816. The van der Waals surface area contributed by atoms with Crippen LogP contribution in [-0.4, -0.2) is 45.8 Å². The summed E-state index contributed by atoms with van der Waals surface area (Å²) in [5, 5.41) is 11.4. The molecule has 0 radical (unpaired) electrons. The number of thiazole rings is 1. The number of hydrogen-bond donors (Lipinski definition) is 1. The van der Waals surface area contributed by atoms with Gasteiger partial charge >= 0.3 is 0 Å². The lowest BCUT2D eigenvalue weighted by molar-refractivity contribution is 0.0943. The van der Waals surface area contributed by atoms with E-state index in [-0.39, 0.29) is 18.6 Å². The van der Waals surface area contributed by atoms with Gasteiger partial charge in [0.2, 0.25) is 4.96 Å². The number of nitrogens with zero attached hydrogens (tertiary/aromatic N) is 4. The van der Waals surface area contributed by atoms with Crippen LogP contribution >= 0.6 is 22.7 Å². The van der Waals surface area contributed by atoms with Gasteiger partial charge in [-0.3, -0.25) is 4.79 Å². The third-order valence-electron chi connectivity index (χ3n) is 6.00. The number of amides is 1. The number of carbonyl (C=O) groups is 1. The van der Waals surface area contributed by atoms with Crippen molar-refractivity contribution in [3.05, 3.63) is 65.3 Å². The molecule has 204 valence electrons. The Morgan fingerprint density at radius 2 is 1.93 bits per heavy atom. The summed E-state index contributed by atoms with van der Waals surface area (Å²) >= 11 is 2.87. The van der Waals surface area contributed by atoms with Crippen LogP contribution in [0.15, 0.2) is 58.5 Å². The van der Waals surface area contributed by atoms with Gasteiger partial charge < -0.3 is 23.9 Å². The standard InChI is InChI=1S/C28H25N5O5S2/c1-15(2)29-25(34)16-5-7-17(8-6-16)26-30-18(14-39-26)13-37-22-9-19(35-3)10-23-20(22)11-24(38-23)21-12-33-27(31-21)40-28(32-33)36-4/h5-12,14-15H,13H2,1-4H3,(H,29,34). The molecule has 12 heteroatoms. The second-order valence-corrected chi connectivity index (χ2v) is 11.0. The Morgan fingerprint density at radius 1 is 1.10 bits per heavy atom. The van der Waals surface area contributed by atoms with Crippen LogP contribution in [0, 0.1) is 0 Å². The highest BCUT2D eigenvalue weighted by Crippen LogP contribution is 2.38. The molecule has 10 nitrogen and oxygen atoms in total. The van der Waals surface area contributed by atoms with Crippen molar-refractivity contribution in [2.45, 2.75) is 26.5 Å². The van der Waals surface area contributed by atoms with Crippen LogP contribution < -0.4 is 19.5 Å². The number of aromatic nitrogens is 4. The Labute approximate surface area is 237 Å². The normalized spacial score (nSPS) is 11.4. The molecule has 0 aliphatic rings. The lowest BCUT2D eigenvalue weighted by Gasteiger charge is -2.08. The van der Waals surface area contributed by atoms with Crippen LogP contribution in [-0.2, 0) is 6.61 Å². The van der Waals surface area contributed by atoms with Crippen LogP contribution in [0.4, 0.5) is 0 Å². The van der Waals surface area contributed by atoms with Crippen molar-refractivity contribution in [2.24, 2.45) is 0 Å². The molecule has 4 aromatic heterocycles. The second kappa shape index (κ2) is 10.6. The number of carbonyl (C=O) groups excluding carboxylic acids is 1. The maximum atomic E-state index is 12.2. The molecule has 40 heavy (non-hydrogen) atoms. The van der Waals surface area contributed by atoms with E-state index in [0.29, 0.717) is 44.3 Å². The summed E-state index contributed by atoms with van der Waals surface area (Å²) in [4.78, 5) is 22.3. The van der Waals surface area contributed by atoms with E-state index in [1.54, 1.807) is 24.9 Å². The number of methoxy groups -OCH3 is 2. The molecule has 0 bridgehead atoms. The van der Waals surface area contributed by atoms with Crippen LogP contribution in [0.3, 0.4) is 0 Å². The zero-order valence-corrected chi connectivity index (χ0v) is 23.8. The van der Waals surface area contributed by atoms with Crippen molar-refractivity contribution in [2.75, 3.05) is 14.2 Å². The van der Waals surface area contributed by atoms with Crippen molar-refractivity contribution in [1.29, 1.82) is 0 Å². The van der Waals surface area contributed by atoms with E-state index in [1.165, 1.54) is 22.7 Å². The molecular formula is C28H25N5O5S2. The van der Waals surface area contributed by atoms with Gasteiger partial charge in [-0.2, -0.15) is 0 Å². The monoisotopic (exact) mass is 575 g/mol. The highest BCUT2D eigenvalue weighted by atomic mass is 32.1. The number of hydrogen-bond acceptors (Lipinski definition) is 10. The van der Waals surface area contributed by atoms with Gasteiger partial charge in [0.1, 0.15) is 34.4 Å². The minimum atomic E-state index is -0.0913. The third-order valence-corrected chi connectivity index (χ3v) is 7.83. The summed E-state index contributed by atoms with van der Waals surface area (Å²) < 4.78 is 24.7. The first kappa shape index (κ1) is 25.8. The number of rotatable bonds is 9. The molecule has 0 spiro atoms. The van der Waals surface area contributed by atoms with Crippen LogP contribution in [0.5, 0.6) is 16.7 Å². The topological polar surface area (TPSA) is 113 Å². The maximum Gasteiger partial charge on any atom is 0.294 e. The Balaban J connectivity index is 1.21. The number of fused-ring (bicyclic) bond motifs is 2. The Hall–Kier alpha value is -4.42. The number of ether oxygens (including phenoxy) is 3. The summed E-state index contributed by atoms with van der Waals surface area (Å²) in [5.41, 5.74) is 3.61. The summed E-state index contributed by atoms with van der Waals surface area (Å²) in [6.07, 6.45) is 1.80. The summed E-state index contributed by atoms with van der Waals surface area (Å²) in [6, 6.07) is 13.1. The molecule has 0 atom stereocenters. The predicted molar refractivity (Wildman–Crippen MR) is 154 cm³/mol. The van der Waals surface area contributed by atoms with Crippen molar-refractivity contribution >= 4 is 44.5 Å². The van der Waals surface area contributed by atoms with Crippen LogP contribution in [0.1, 0.15) is 29.9 Å². The van der Waals surface area contributed by atoms with Gasteiger partial charge in [0.05, 0.1) is 31.5 Å². The highest BCUT2D eigenvalue weighted by Gasteiger charge is 2.18. The zero-order chi connectivity index (χ0) is 27.8. The van der Waals surface area contributed by atoms with Crippen LogP contribution in [0.25, 0.3) is 38.0 Å². The SMILES string of the molecule is COc1cc(OCc2csc(-c3ccc(C(=O)NC(C)C)cc3)n2)c2cc(-c3cn4nc(OC)sc4n3)oc2c1. The van der Waals surface area contributed by atoms with Crippen LogP contribution in [0.2, 0.25) is 0 Å². The fraction of sp³-hybridized carbons (Fsp3) is 0.214. The van der Waals surface area contributed by atoms with E-state index in [9.17, 15) is 4.79 Å². The third kappa shape index (κ3) is 5.10. The van der Waals surface area contributed by atoms with Gasteiger partial charge in [-0.15, -0.1) is 16.4 Å². The first-order valence-electron chi connectivity index (χ1n) is 12.4. The van der Waals surface area contributed by atoms with Gasteiger partial charge in [0, 0.05) is 34.7 Å². The first-order chi connectivity index (χ1) is 19.4. The molecule has 0 saturated carbocycles. The molecular weight excluding hydrogens is 550 g/mol. The fourth-order valence-corrected chi connectivity index (χ4v) is 5.61. The largest absolute Gasteiger partial charge is 0.496 e. The van der Waals surface area contributed by atoms with E-state index in [1.807, 2.05) is 61.7 Å². The number of imidazole rings is 1. The second-order valence-electron chi connectivity index (χ2n) is 9.21. The highest BCUT2D eigenvalue weighted by molar-refractivity contribution is 7.18. The van der Waals surface area contributed by atoms with Gasteiger partial charge in [-0.05, 0) is 43.4 Å². The molecule has 1 amide bonds. The zero-order valence-electron chi connectivity index (χ0n) is 22.1. The molecule has 0 aliphatic heterocycles. The summed E-state index contributed by atoms with van der Waals surface area (Å²) in [7, 11) is 3.18. The molecule has 0 saturated heterocycles. The quantitative estimate of drug-likeness (QED) is 0.221. The average Bonchev–Trinajstić information content (AvgIpc) is 3.73. The van der Waals surface area contributed by atoms with Crippen molar-refractivity contribution in [1.82, 2.24) is 24.9 Å². The van der Waals surface area contributed by atoms with Gasteiger partial charge in [0.25, 0.3) is 11.1 Å². The Morgan fingerprint density at radius 3 is 2.65 bits per heavy atom. The van der Waals surface area contributed by atoms with Crippen molar-refractivity contribution in [3.8, 4) is 38.7 Å². The van der Waals surface area contributed by atoms with E-state index in [0.717, 1.165) is 21.7 Å². The molecule has 0 aliphatic carbocycles. The number of furan rings is 1. The molecule has 0 unspecified atom stereocenters. The van der Waals surface area contributed by atoms with E-state index < -0.39 is 0 Å². The van der Waals surface area contributed by atoms with Gasteiger partial charge in [0.15, 0.2) is 5.76 Å². The number of nitrogens with one attached hydrogen (secondary N) is 1. The maximum absolute atomic E-state index is 12.2. The summed E-state index contributed by atoms with van der Waals surface area (Å²) in [6.45, 7) is 4.13. The van der Waals surface area contributed by atoms with E-state index in [4.69, 9.17) is 23.6 Å². The average molecular weight is 576 g/mol. The van der Waals surface area contributed by atoms with Crippen molar-refractivity contribution in [3.63, 3.8) is 0 Å². The fourth-order valence-electron chi connectivity index (χ4n) is 4.10. The molecule has 4 heterocycles. The lowest BCUT2D eigenvalue weighted by atomic mass is 10.1. The molecule has 6 aromatic rings.